The van der Waals surface area contributed by atoms with Crippen LogP contribution in [0.5, 0.6) is 0 Å². The molecule has 1 aromatic carbocycles. The molecule has 0 N–H and O–H groups in total. The molecule has 0 saturated carbocycles. The lowest BCUT2D eigenvalue weighted by Gasteiger charge is -2.17. The first-order valence-electron chi connectivity index (χ1n) is 4.85. The zero-order valence-corrected chi connectivity index (χ0v) is 11.8. The van der Waals surface area contributed by atoms with E-state index in [9.17, 15) is 8.42 Å². The smallest absolute Gasteiger partial charge is 0.235 e. The molecule has 3 nitrogen and oxygen atoms in total. The van der Waals surface area contributed by atoms with Gasteiger partial charge >= 0.3 is 0 Å². The molecule has 1 unspecified atom stereocenters. The van der Waals surface area contributed by atoms with Gasteiger partial charge in [-0.1, -0.05) is 18.5 Å². The van der Waals surface area contributed by atoms with Crippen molar-refractivity contribution >= 4 is 43.2 Å². The zero-order valence-electron chi connectivity index (χ0n) is 8.65. The van der Waals surface area contributed by atoms with Crippen molar-refractivity contribution in [3.8, 4) is 0 Å². The third kappa shape index (κ3) is 2.21. The van der Waals surface area contributed by atoms with Gasteiger partial charge in [-0.25, -0.2) is 8.42 Å². The van der Waals surface area contributed by atoms with Gasteiger partial charge in [-0.15, -0.1) is 0 Å². The Kier molecular flexibility index (Phi) is 3.20. The SMILES string of the molecule is CC1CN(c2ccc(Cl)c(Br)c2)S(=O)(=O)C1. The molecule has 1 heterocycles. The summed E-state index contributed by atoms with van der Waals surface area (Å²) in [6, 6.07) is 5.15. The Morgan fingerprint density at radius 2 is 2.19 bits per heavy atom. The second-order valence-electron chi connectivity index (χ2n) is 4.01. The van der Waals surface area contributed by atoms with Crippen molar-refractivity contribution in [2.75, 3.05) is 16.6 Å². The molecule has 88 valence electrons. The van der Waals surface area contributed by atoms with Crippen LogP contribution in [0.25, 0.3) is 0 Å². The summed E-state index contributed by atoms with van der Waals surface area (Å²) in [6.45, 7) is 2.47. The average molecular weight is 325 g/mol. The maximum Gasteiger partial charge on any atom is 0.235 e. The quantitative estimate of drug-likeness (QED) is 0.796. The molecule has 0 amide bonds. The summed E-state index contributed by atoms with van der Waals surface area (Å²) in [5, 5.41) is 0.577. The molecule has 0 radical (unpaired) electrons. The third-order valence-corrected chi connectivity index (χ3v) is 5.74. The number of benzene rings is 1. The molecule has 0 aliphatic carbocycles. The van der Waals surface area contributed by atoms with Crippen molar-refractivity contribution in [2.45, 2.75) is 6.92 Å². The lowest BCUT2D eigenvalue weighted by molar-refractivity contribution is 0.598. The Hall–Kier alpha value is -0.260. The highest BCUT2D eigenvalue weighted by Gasteiger charge is 2.33. The highest BCUT2D eigenvalue weighted by molar-refractivity contribution is 9.10. The van der Waals surface area contributed by atoms with Gasteiger partial charge in [0.05, 0.1) is 16.5 Å². The molecule has 2 rings (SSSR count). The first kappa shape index (κ1) is 12.2. The molecule has 0 spiro atoms. The summed E-state index contributed by atoms with van der Waals surface area (Å²) in [5.74, 6) is 0.382. The van der Waals surface area contributed by atoms with Crippen molar-refractivity contribution in [1.29, 1.82) is 0 Å². The van der Waals surface area contributed by atoms with Crippen LogP contribution in [0, 0.1) is 5.92 Å². The van der Waals surface area contributed by atoms with E-state index in [-0.39, 0.29) is 11.7 Å². The molecular weight excluding hydrogens is 314 g/mol. The summed E-state index contributed by atoms with van der Waals surface area (Å²) in [4.78, 5) is 0. The minimum atomic E-state index is -3.15. The first-order chi connectivity index (χ1) is 7.40. The number of hydrogen-bond acceptors (Lipinski definition) is 2. The molecule has 0 bridgehead atoms. The topological polar surface area (TPSA) is 37.4 Å². The molecule has 1 atom stereocenters. The van der Waals surface area contributed by atoms with Gasteiger partial charge in [-0.05, 0) is 40.0 Å². The van der Waals surface area contributed by atoms with Gasteiger partial charge in [0, 0.05) is 11.0 Å². The molecule has 16 heavy (non-hydrogen) atoms. The van der Waals surface area contributed by atoms with Crippen molar-refractivity contribution < 1.29 is 8.42 Å². The molecule has 1 saturated heterocycles. The highest BCUT2D eigenvalue weighted by atomic mass is 79.9. The van der Waals surface area contributed by atoms with E-state index in [1.807, 2.05) is 6.92 Å². The van der Waals surface area contributed by atoms with Gasteiger partial charge in [0.1, 0.15) is 0 Å². The number of rotatable bonds is 1. The van der Waals surface area contributed by atoms with E-state index in [4.69, 9.17) is 11.6 Å². The highest BCUT2D eigenvalue weighted by Crippen LogP contribution is 2.32. The average Bonchev–Trinajstić information content (AvgIpc) is 2.44. The van der Waals surface area contributed by atoms with Gasteiger partial charge in [-0.3, -0.25) is 4.31 Å². The van der Waals surface area contributed by atoms with Crippen LogP contribution < -0.4 is 4.31 Å². The lowest BCUT2D eigenvalue weighted by Crippen LogP contribution is -2.25. The third-order valence-electron chi connectivity index (χ3n) is 2.50. The van der Waals surface area contributed by atoms with Gasteiger partial charge < -0.3 is 0 Å². The van der Waals surface area contributed by atoms with Crippen molar-refractivity contribution in [1.82, 2.24) is 0 Å². The first-order valence-corrected chi connectivity index (χ1v) is 7.63. The van der Waals surface area contributed by atoms with Gasteiger partial charge in [0.2, 0.25) is 10.0 Å². The summed E-state index contributed by atoms with van der Waals surface area (Å²) >= 11 is 9.16. The normalized spacial score (nSPS) is 23.7. The number of nitrogens with zero attached hydrogens (tertiary/aromatic N) is 1. The van der Waals surface area contributed by atoms with Crippen LogP contribution in [0.15, 0.2) is 22.7 Å². The van der Waals surface area contributed by atoms with Crippen LogP contribution in [0.3, 0.4) is 0 Å². The lowest BCUT2D eigenvalue weighted by atomic mass is 10.2. The summed E-state index contributed by atoms with van der Waals surface area (Å²) in [5.41, 5.74) is 0.667. The van der Waals surface area contributed by atoms with E-state index >= 15 is 0 Å². The van der Waals surface area contributed by atoms with Crippen LogP contribution in [-0.2, 0) is 10.0 Å². The Bertz CT molecular complexity index is 518. The fraction of sp³-hybridized carbons (Fsp3) is 0.400. The second-order valence-corrected chi connectivity index (χ2v) is 7.21. The van der Waals surface area contributed by atoms with Gasteiger partial charge in [0.25, 0.3) is 0 Å². The molecule has 1 fully saturated rings. The number of halogens is 2. The van der Waals surface area contributed by atoms with Gasteiger partial charge in [-0.2, -0.15) is 0 Å². The van der Waals surface area contributed by atoms with Crippen LogP contribution in [0.2, 0.25) is 5.02 Å². The zero-order chi connectivity index (χ0) is 11.9. The van der Waals surface area contributed by atoms with Crippen molar-refractivity contribution in [3.63, 3.8) is 0 Å². The largest absolute Gasteiger partial charge is 0.270 e. The Balaban J connectivity index is 2.42. The van der Waals surface area contributed by atoms with Gasteiger partial charge in [0.15, 0.2) is 0 Å². The van der Waals surface area contributed by atoms with Crippen LogP contribution in [0.1, 0.15) is 6.92 Å². The van der Waals surface area contributed by atoms with Crippen LogP contribution in [-0.4, -0.2) is 20.7 Å². The number of anilines is 1. The molecular formula is C10H11BrClNO2S. The molecule has 1 aliphatic heterocycles. The molecule has 1 aromatic rings. The summed E-state index contributed by atoms with van der Waals surface area (Å²) < 4.78 is 25.8. The maximum atomic E-state index is 11.8. The molecule has 1 aliphatic rings. The Morgan fingerprint density at radius 3 is 2.69 bits per heavy atom. The van der Waals surface area contributed by atoms with Crippen molar-refractivity contribution in [3.05, 3.63) is 27.7 Å². The van der Waals surface area contributed by atoms with E-state index in [2.05, 4.69) is 15.9 Å². The fourth-order valence-electron chi connectivity index (χ4n) is 1.81. The summed E-state index contributed by atoms with van der Waals surface area (Å²) in [6.07, 6.45) is 0. The Morgan fingerprint density at radius 1 is 1.50 bits per heavy atom. The maximum absolute atomic E-state index is 11.8. The monoisotopic (exact) mass is 323 g/mol. The van der Waals surface area contributed by atoms with E-state index in [0.29, 0.717) is 21.7 Å². The second kappa shape index (κ2) is 4.20. The van der Waals surface area contributed by atoms with E-state index < -0.39 is 10.0 Å². The van der Waals surface area contributed by atoms with E-state index in [1.165, 1.54) is 4.31 Å². The molecule has 0 aromatic heterocycles. The number of sulfonamides is 1. The standard InChI is InChI=1S/C10H11BrClNO2S/c1-7-5-13(16(14,15)6-7)8-2-3-10(12)9(11)4-8/h2-4,7H,5-6H2,1H3. The Labute approximate surface area is 109 Å². The summed E-state index contributed by atoms with van der Waals surface area (Å²) in [7, 11) is -3.15. The van der Waals surface area contributed by atoms with Crippen LogP contribution in [0.4, 0.5) is 5.69 Å². The van der Waals surface area contributed by atoms with Crippen LogP contribution >= 0.6 is 27.5 Å². The predicted octanol–water partition coefficient (Wildman–Crippen LogP) is 2.89. The van der Waals surface area contributed by atoms with E-state index in [1.54, 1.807) is 18.2 Å². The number of hydrogen-bond donors (Lipinski definition) is 0. The van der Waals surface area contributed by atoms with E-state index in [0.717, 1.165) is 0 Å². The minimum absolute atomic E-state index is 0.166. The predicted molar refractivity (Wildman–Crippen MR) is 69.4 cm³/mol. The fourth-order valence-corrected chi connectivity index (χ4v) is 4.21. The molecule has 6 heteroatoms. The minimum Gasteiger partial charge on any atom is -0.270 e. The van der Waals surface area contributed by atoms with Crippen molar-refractivity contribution in [2.24, 2.45) is 5.92 Å².